The maximum absolute atomic E-state index is 4.76. The summed E-state index contributed by atoms with van der Waals surface area (Å²) in [6, 6.07) is 12.6. The Morgan fingerprint density at radius 3 is 2.65 bits per heavy atom. The van der Waals surface area contributed by atoms with E-state index < -0.39 is 0 Å². The van der Waals surface area contributed by atoms with Crippen LogP contribution in [0.15, 0.2) is 48.8 Å². The molecule has 2 heterocycles. The lowest BCUT2D eigenvalue weighted by molar-refractivity contribution is 0.482. The highest BCUT2D eigenvalue weighted by Gasteiger charge is 2.23. The number of hydrogen-bond acceptors (Lipinski definition) is 2. The van der Waals surface area contributed by atoms with E-state index in [1.165, 1.54) is 5.56 Å². The van der Waals surface area contributed by atoms with Crippen molar-refractivity contribution in [3.8, 4) is 0 Å². The molecule has 2 unspecified atom stereocenters. The summed E-state index contributed by atoms with van der Waals surface area (Å²) in [6.45, 7) is 4.51. The van der Waals surface area contributed by atoms with E-state index >= 15 is 0 Å². The zero-order chi connectivity index (χ0) is 13.9. The highest BCUT2D eigenvalue weighted by Crippen LogP contribution is 2.32. The quantitative estimate of drug-likeness (QED) is 0.770. The summed E-state index contributed by atoms with van der Waals surface area (Å²) in [4.78, 5) is 12.4. The van der Waals surface area contributed by atoms with Crippen molar-refractivity contribution in [3.05, 3.63) is 60.2 Å². The van der Waals surface area contributed by atoms with Crippen molar-refractivity contribution in [3.63, 3.8) is 0 Å². The lowest BCUT2D eigenvalue weighted by Crippen LogP contribution is -2.12. The van der Waals surface area contributed by atoms with Gasteiger partial charge in [0.05, 0.1) is 17.2 Å². The maximum atomic E-state index is 4.76. The van der Waals surface area contributed by atoms with Crippen LogP contribution in [-0.2, 0) is 0 Å². The lowest BCUT2D eigenvalue weighted by Gasteiger charge is -2.21. The number of pyridine rings is 1. The number of rotatable bonds is 4. The highest BCUT2D eigenvalue weighted by atomic mass is 14.9. The summed E-state index contributed by atoms with van der Waals surface area (Å²) in [5.41, 5.74) is 3.31. The molecule has 0 aliphatic carbocycles. The molecule has 3 heteroatoms. The van der Waals surface area contributed by atoms with Crippen molar-refractivity contribution < 1.29 is 0 Å². The molecule has 3 aromatic rings. The normalized spacial score (nSPS) is 14.3. The first-order valence-electron chi connectivity index (χ1n) is 7.14. The number of nitrogens with one attached hydrogen (secondary N) is 1. The van der Waals surface area contributed by atoms with E-state index in [0.717, 1.165) is 23.3 Å². The average molecular weight is 265 g/mol. The molecule has 1 aromatic carbocycles. The molecule has 0 bridgehead atoms. The molecular weight excluding hydrogens is 246 g/mol. The number of nitrogens with zero attached hydrogens (tertiary/aromatic N) is 2. The summed E-state index contributed by atoms with van der Waals surface area (Å²) >= 11 is 0. The third kappa shape index (κ3) is 2.31. The molecule has 0 fully saturated rings. The molecule has 0 saturated carbocycles. The molecule has 0 amide bonds. The van der Waals surface area contributed by atoms with Crippen LogP contribution in [0, 0.1) is 5.92 Å². The average Bonchev–Trinajstić information content (AvgIpc) is 2.91. The van der Waals surface area contributed by atoms with Crippen molar-refractivity contribution >= 4 is 11.0 Å². The monoisotopic (exact) mass is 265 g/mol. The number of aromatic nitrogens is 3. The zero-order valence-corrected chi connectivity index (χ0v) is 11.9. The van der Waals surface area contributed by atoms with Gasteiger partial charge in [-0.1, -0.05) is 50.6 Å². The number of hydrogen-bond donors (Lipinski definition) is 1. The van der Waals surface area contributed by atoms with Gasteiger partial charge in [0, 0.05) is 12.1 Å². The van der Waals surface area contributed by atoms with Crippen molar-refractivity contribution in [2.24, 2.45) is 5.92 Å². The van der Waals surface area contributed by atoms with E-state index in [1.807, 2.05) is 12.3 Å². The van der Waals surface area contributed by atoms with Gasteiger partial charge in [0.15, 0.2) is 0 Å². The van der Waals surface area contributed by atoms with Gasteiger partial charge in [-0.3, -0.25) is 4.98 Å². The van der Waals surface area contributed by atoms with Gasteiger partial charge in [-0.25, -0.2) is 4.98 Å². The fourth-order valence-electron chi connectivity index (χ4n) is 2.68. The molecule has 2 atom stereocenters. The Labute approximate surface area is 119 Å². The topological polar surface area (TPSA) is 41.6 Å². The van der Waals surface area contributed by atoms with Crippen LogP contribution in [0.2, 0.25) is 0 Å². The van der Waals surface area contributed by atoms with Gasteiger partial charge in [0.1, 0.15) is 5.82 Å². The van der Waals surface area contributed by atoms with E-state index in [-0.39, 0.29) is 0 Å². The summed E-state index contributed by atoms with van der Waals surface area (Å²) in [5.74, 6) is 1.87. The minimum atomic E-state index is 0.300. The number of fused-ring (bicyclic) bond motifs is 1. The van der Waals surface area contributed by atoms with E-state index in [1.54, 1.807) is 6.20 Å². The third-order valence-electron chi connectivity index (χ3n) is 3.97. The molecular formula is C17H19N3. The summed E-state index contributed by atoms with van der Waals surface area (Å²) in [7, 11) is 0. The largest absolute Gasteiger partial charge is 0.340 e. The minimum absolute atomic E-state index is 0.300. The molecule has 0 aliphatic heterocycles. The van der Waals surface area contributed by atoms with Gasteiger partial charge in [0.25, 0.3) is 0 Å². The SMILES string of the molecule is CCC(C)C(c1ccccc1)c1nc2ccncc2[nH]1. The summed E-state index contributed by atoms with van der Waals surface area (Å²) in [6.07, 6.45) is 4.74. The van der Waals surface area contributed by atoms with Crippen molar-refractivity contribution in [1.29, 1.82) is 0 Å². The molecule has 1 N–H and O–H groups in total. The van der Waals surface area contributed by atoms with E-state index in [9.17, 15) is 0 Å². The minimum Gasteiger partial charge on any atom is -0.340 e. The number of H-pyrrole nitrogens is 1. The molecule has 0 radical (unpaired) electrons. The molecule has 0 spiro atoms. The van der Waals surface area contributed by atoms with Crippen LogP contribution in [0.3, 0.4) is 0 Å². The number of imidazole rings is 1. The molecule has 102 valence electrons. The Bertz CT molecular complexity index is 655. The van der Waals surface area contributed by atoms with Gasteiger partial charge < -0.3 is 4.98 Å². The summed E-state index contributed by atoms with van der Waals surface area (Å²) in [5, 5.41) is 0. The van der Waals surface area contributed by atoms with Crippen LogP contribution < -0.4 is 0 Å². The van der Waals surface area contributed by atoms with Crippen LogP contribution in [0.1, 0.15) is 37.6 Å². The van der Waals surface area contributed by atoms with Crippen LogP contribution in [0.25, 0.3) is 11.0 Å². The molecule has 3 rings (SSSR count). The number of aromatic amines is 1. The van der Waals surface area contributed by atoms with Gasteiger partial charge in [0.2, 0.25) is 0 Å². The smallest absolute Gasteiger partial charge is 0.115 e. The first-order valence-corrected chi connectivity index (χ1v) is 7.14. The first-order chi connectivity index (χ1) is 9.79. The second-order valence-corrected chi connectivity index (χ2v) is 5.29. The highest BCUT2D eigenvalue weighted by molar-refractivity contribution is 5.73. The fourth-order valence-corrected chi connectivity index (χ4v) is 2.68. The third-order valence-corrected chi connectivity index (χ3v) is 3.97. The Morgan fingerprint density at radius 2 is 1.95 bits per heavy atom. The Kier molecular flexibility index (Phi) is 3.50. The molecule has 0 saturated heterocycles. The molecule has 3 nitrogen and oxygen atoms in total. The Balaban J connectivity index is 2.09. The molecule has 0 aliphatic rings. The van der Waals surface area contributed by atoms with Crippen LogP contribution in [0.5, 0.6) is 0 Å². The van der Waals surface area contributed by atoms with Crippen LogP contribution >= 0.6 is 0 Å². The second-order valence-electron chi connectivity index (χ2n) is 5.29. The fraction of sp³-hybridized carbons (Fsp3) is 0.294. The summed E-state index contributed by atoms with van der Waals surface area (Å²) < 4.78 is 0. The van der Waals surface area contributed by atoms with Gasteiger partial charge in [-0.05, 0) is 17.5 Å². The maximum Gasteiger partial charge on any atom is 0.115 e. The van der Waals surface area contributed by atoms with Gasteiger partial charge >= 0.3 is 0 Å². The Hall–Kier alpha value is -2.16. The second kappa shape index (κ2) is 5.45. The predicted octanol–water partition coefficient (Wildman–Crippen LogP) is 4.14. The standard InChI is InChI=1S/C17H19N3/c1-3-12(2)16(13-7-5-4-6-8-13)17-19-14-9-10-18-11-15(14)20-17/h4-12,16H,3H2,1-2H3,(H,19,20). The van der Waals surface area contributed by atoms with Crippen LogP contribution in [-0.4, -0.2) is 15.0 Å². The van der Waals surface area contributed by atoms with E-state index in [0.29, 0.717) is 11.8 Å². The first kappa shape index (κ1) is 12.9. The van der Waals surface area contributed by atoms with Crippen molar-refractivity contribution in [2.45, 2.75) is 26.2 Å². The van der Waals surface area contributed by atoms with Crippen molar-refractivity contribution in [1.82, 2.24) is 15.0 Å². The van der Waals surface area contributed by atoms with Gasteiger partial charge in [-0.15, -0.1) is 0 Å². The lowest BCUT2D eigenvalue weighted by atomic mass is 9.85. The molecule has 20 heavy (non-hydrogen) atoms. The van der Waals surface area contributed by atoms with Crippen molar-refractivity contribution in [2.75, 3.05) is 0 Å². The number of benzene rings is 1. The zero-order valence-electron chi connectivity index (χ0n) is 11.9. The van der Waals surface area contributed by atoms with E-state index in [4.69, 9.17) is 4.98 Å². The van der Waals surface area contributed by atoms with Gasteiger partial charge in [-0.2, -0.15) is 0 Å². The predicted molar refractivity (Wildman–Crippen MR) is 81.6 cm³/mol. The Morgan fingerprint density at radius 1 is 1.15 bits per heavy atom. The molecule has 2 aromatic heterocycles. The van der Waals surface area contributed by atoms with Crippen LogP contribution in [0.4, 0.5) is 0 Å². The van der Waals surface area contributed by atoms with E-state index in [2.05, 4.69) is 54.1 Å².